The van der Waals surface area contributed by atoms with Crippen LogP contribution < -0.4 is 14.8 Å². The van der Waals surface area contributed by atoms with Gasteiger partial charge in [-0.1, -0.05) is 36.4 Å². The summed E-state index contributed by atoms with van der Waals surface area (Å²) >= 11 is 0. The first-order valence-corrected chi connectivity index (χ1v) is 10.7. The molecule has 2 heterocycles. The Labute approximate surface area is 191 Å². The van der Waals surface area contributed by atoms with Crippen LogP contribution in [0.5, 0.6) is 11.5 Å². The fourth-order valence-electron chi connectivity index (χ4n) is 3.18. The van der Waals surface area contributed by atoms with Crippen molar-refractivity contribution in [3.63, 3.8) is 0 Å². The fraction of sp³-hybridized carbons (Fsp3) is 0.261. The standard InChI is InChI=1S/C23H25N7O3/c1-3-32-20-11-10-17(14-21(20)33-4-2)15-24-23(31)19-12-13-29(26-19)16-30-27-22(25-28-30)18-8-6-5-7-9-18/h5-14H,3-4,15-16H2,1-2H3,(H,24,31). The zero-order chi connectivity index (χ0) is 23.0. The van der Waals surface area contributed by atoms with E-state index in [4.69, 9.17) is 9.47 Å². The first kappa shape index (κ1) is 22.0. The van der Waals surface area contributed by atoms with Crippen LogP contribution in [0.15, 0.2) is 60.8 Å². The topological polar surface area (TPSA) is 109 Å². The number of hydrogen-bond acceptors (Lipinski definition) is 7. The van der Waals surface area contributed by atoms with E-state index in [0.717, 1.165) is 11.1 Å². The molecule has 0 aliphatic heterocycles. The molecule has 0 saturated carbocycles. The summed E-state index contributed by atoms with van der Waals surface area (Å²) in [7, 11) is 0. The number of nitrogens with one attached hydrogen (secondary N) is 1. The lowest BCUT2D eigenvalue weighted by Gasteiger charge is -2.12. The van der Waals surface area contributed by atoms with Crippen LogP contribution in [0.4, 0.5) is 0 Å². The molecule has 0 bridgehead atoms. The molecule has 0 aliphatic carbocycles. The number of benzene rings is 2. The van der Waals surface area contributed by atoms with Crippen molar-refractivity contribution in [2.75, 3.05) is 13.2 Å². The van der Waals surface area contributed by atoms with Crippen LogP contribution in [0, 0.1) is 0 Å². The van der Waals surface area contributed by atoms with E-state index in [0.29, 0.717) is 42.8 Å². The maximum atomic E-state index is 12.6. The Bertz CT molecular complexity index is 1200. The Morgan fingerprint density at radius 3 is 2.55 bits per heavy atom. The monoisotopic (exact) mass is 447 g/mol. The molecule has 0 saturated heterocycles. The first-order valence-electron chi connectivity index (χ1n) is 10.7. The predicted octanol–water partition coefficient (Wildman–Crippen LogP) is 2.77. The minimum atomic E-state index is -0.280. The summed E-state index contributed by atoms with van der Waals surface area (Å²) in [5.41, 5.74) is 2.08. The SMILES string of the molecule is CCOc1ccc(CNC(=O)c2ccn(Cn3nnc(-c4ccccc4)n3)n2)cc1OCC. The van der Waals surface area contributed by atoms with Crippen LogP contribution in [-0.2, 0) is 13.2 Å². The van der Waals surface area contributed by atoms with Gasteiger partial charge in [-0.2, -0.15) is 5.10 Å². The molecule has 0 fully saturated rings. The summed E-state index contributed by atoms with van der Waals surface area (Å²) in [6.07, 6.45) is 1.70. The number of tetrazole rings is 1. The molecule has 2 aromatic carbocycles. The highest BCUT2D eigenvalue weighted by molar-refractivity contribution is 5.92. The Kier molecular flexibility index (Phi) is 6.93. The smallest absolute Gasteiger partial charge is 0.272 e. The first-order chi connectivity index (χ1) is 16.2. The van der Waals surface area contributed by atoms with Gasteiger partial charge < -0.3 is 14.8 Å². The fourth-order valence-corrected chi connectivity index (χ4v) is 3.18. The summed E-state index contributed by atoms with van der Waals surface area (Å²) < 4.78 is 12.8. The van der Waals surface area contributed by atoms with Crippen molar-refractivity contribution in [1.82, 2.24) is 35.3 Å². The van der Waals surface area contributed by atoms with Gasteiger partial charge >= 0.3 is 0 Å². The molecule has 170 valence electrons. The molecule has 0 atom stereocenters. The van der Waals surface area contributed by atoms with Crippen LogP contribution in [0.1, 0.15) is 29.9 Å². The van der Waals surface area contributed by atoms with E-state index >= 15 is 0 Å². The maximum Gasteiger partial charge on any atom is 0.272 e. The highest BCUT2D eigenvalue weighted by Gasteiger charge is 2.12. The molecule has 33 heavy (non-hydrogen) atoms. The van der Waals surface area contributed by atoms with Gasteiger partial charge in [-0.05, 0) is 42.8 Å². The third kappa shape index (κ3) is 5.53. The second-order valence-electron chi connectivity index (χ2n) is 7.06. The lowest BCUT2D eigenvalue weighted by atomic mass is 10.2. The number of aromatic nitrogens is 6. The van der Waals surface area contributed by atoms with Crippen LogP contribution in [0.25, 0.3) is 11.4 Å². The molecular formula is C23H25N7O3. The molecule has 10 heteroatoms. The van der Waals surface area contributed by atoms with Crippen molar-refractivity contribution in [2.45, 2.75) is 27.1 Å². The number of carbonyl (C=O) groups excluding carboxylic acids is 1. The van der Waals surface area contributed by atoms with Crippen LogP contribution in [0.3, 0.4) is 0 Å². The molecule has 1 amide bonds. The molecule has 10 nitrogen and oxygen atoms in total. The molecule has 1 N–H and O–H groups in total. The van der Waals surface area contributed by atoms with Crippen molar-refractivity contribution in [2.24, 2.45) is 0 Å². The van der Waals surface area contributed by atoms with Gasteiger partial charge in [0.15, 0.2) is 18.2 Å². The highest BCUT2D eigenvalue weighted by Crippen LogP contribution is 2.28. The molecule has 0 unspecified atom stereocenters. The molecule has 4 rings (SSSR count). The molecule has 4 aromatic rings. The van der Waals surface area contributed by atoms with Gasteiger partial charge in [0.1, 0.15) is 5.69 Å². The van der Waals surface area contributed by atoms with Crippen molar-refractivity contribution < 1.29 is 14.3 Å². The molecule has 0 spiro atoms. The minimum absolute atomic E-state index is 0.240. The van der Waals surface area contributed by atoms with Crippen molar-refractivity contribution >= 4 is 5.91 Å². The quantitative estimate of drug-likeness (QED) is 0.398. The summed E-state index contributed by atoms with van der Waals surface area (Å²) in [6.45, 7) is 5.49. The average molecular weight is 447 g/mol. The lowest BCUT2D eigenvalue weighted by molar-refractivity contribution is 0.0944. The molecule has 2 aromatic heterocycles. The lowest BCUT2D eigenvalue weighted by Crippen LogP contribution is -2.24. The van der Waals surface area contributed by atoms with Crippen molar-refractivity contribution in [3.05, 3.63) is 72.1 Å². The molecular weight excluding hydrogens is 422 g/mol. The minimum Gasteiger partial charge on any atom is -0.490 e. The van der Waals surface area contributed by atoms with E-state index in [9.17, 15) is 4.79 Å². The van der Waals surface area contributed by atoms with Gasteiger partial charge in [-0.15, -0.1) is 15.0 Å². The van der Waals surface area contributed by atoms with Gasteiger partial charge in [0.05, 0.1) is 13.2 Å². The van der Waals surface area contributed by atoms with Gasteiger partial charge in [-0.3, -0.25) is 4.79 Å². The van der Waals surface area contributed by atoms with E-state index in [1.165, 1.54) is 4.80 Å². The second-order valence-corrected chi connectivity index (χ2v) is 7.06. The van der Waals surface area contributed by atoms with E-state index < -0.39 is 0 Å². The number of amides is 1. The van der Waals surface area contributed by atoms with Crippen LogP contribution >= 0.6 is 0 Å². The van der Waals surface area contributed by atoms with E-state index in [2.05, 4.69) is 25.8 Å². The number of ether oxygens (including phenoxy) is 2. The molecule has 0 radical (unpaired) electrons. The Morgan fingerprint density at radius 1 is 0.970 bits per heavy atom. The third-order valence-electron chi connectivity index (χ3n) is 4.69. The van der Waals surface area contributed by atoms with Crippen molar-refractivity contribution in [1.29, 1.82) is 0 Å². The number of rotatable bonds is 10. The van der Waals surface area contributed by atoms with Gasteiger partial charge in [0.25, 0.3) is 5.91 Å². The Hall–Kier alpha value is -4.21. The number of carbonyl (C=O) groups is 1. The largest absolute Gasteiger partial charge is 0.490 e. The zero-order valence-corrected chi connectivity index (χ0v) is 18.5. The van der Waals surface area contributed by atoms with E-state index in [-0.39, 0.29) is 12.6 Å². The predicted molar refractivity (Wildman–Crippen MR) is 121 cm³/mol. The zero-order valence-electron chi connectivity index (χ0n) is 18.5. The van der Waals surface area contributed by atoms with Crippen LogP contribution in [-0.4, -0.2) is 49.1 Å². The summed E-state index contributed by atoms with van der Waals surface area (Å²) in [5.74, 6) is 1.59. The summed E-state index contributed by atoms with van der Waals surface area (Å²) in [4.78, 5) is 14.0. The van der Waals surface area contributed by atoms with Crippen molar-refractivity contribution in [3.8, 4) is 22.9 Å². The maximum absolute atomic E-state index is 12.6. The van der Waals surface area contributed by atoms with Gasteiger partial charge in [-0.25, -0.2) is 4.68 Å². The van der Waals surface area contributed by atoms with E-state index in [1.54, 1.807) is 16.9 Å². The average Bonchev–Trinajstić information content (AvgIpc) is 3.50. The molecule has 0 aliphatic rings. The normalized spacial score (nSPS) is 10.7. The third-order valence-corrected chi connectivity index (χ3v) is 4.69. The van der Waals surface area contributed by atoms with Crippen LogP contribution in [0.2, 0.25) is 0 Å². The highest BCUT2D eigenvalue weighted by atomic mass is 16.5. The van der Waals surface area contributed by atoms with Gasteiger partial charge in [0, 0.05) is 18.3 Å². The number of hydrogen-bond donors (Lipinski definition) is 1. The van der Waals surface area contributed by atoms with Gasteiger partial charge in [0.2, 0.25) is 5.82 Å². The summed E-state index contributed by atoms with van der Waals surface area (Å²) in [6, 6.07) is 16.9. The van der Waals surface area contributed by atoms with E-state index in [1.807, 2.05) is 62.4 Å². The number of nitrogens with zero attached hydrogens (tertiary/aromatic N) is 6. The Balaban J connectivity index is 1.36. The second kappa shape index (κ2) is 10.4. The summed E-state index contributed by atoms with van der Waals surface area (Å²) in [5, 5.41) is 19.7. The Morgan fingerprint density at radius 2 is 1.76 bits per heavy atom.